The third kappa shape index (κ3) is 4.81. The highest BCUT2D eigenvalue weighted by Gasteiger charge is 2.37. The Morgan fingerprint density at radius 2 is 1.66 bits per heavy atom. The Morgan fingerprint density at radius 3 is 2.31 bits per heavy atom. The first kappa shape index (κ1) is 25.2. The number of nitrogens with zero attached hydrogens (tertiary/aromatic N) is 1. The molecular formula is C26H27FN2O4S2. The summed E-state index contributed by atoms with van der Waals surface area (Å²) in [6.45, 7) is 5.34. The molecule has 0 amide bonds. The third-order valence-electron chi connectivity index (χ3n) is 5.57. The Morgan fingerprint density at radius 1 is 1.00 bits per heavy atom. The van der Waals surface area contributed by atoms with E-state index in [4.69, 9.17) is 4.74 Å². The number of ether oxygens (including phenoxy) is 1. The lowest BCUT2D eigenvalue weighted by atomic mass is 10.0. The van der Waals surface area contributed by atoms with Crippen molar-refractivity contribution in [3.8, 4) is 5.75 Å². The van der Waals surface area contributed by atoms with E-state index in [0.29, 0.717) is 10.9 Å². The van der Waals surface area contributed by atoms with Gasteiger partial charge in [0, 0.05) is 16.7 Å². The van der Waals surface area contributed by atoms with Crippen molar-refractivity contribution < 1.29 is 22.1 Å². The normalized spacial score (nSPS) is 14.1. The average Bonchev–Trinajstić information content (AvgIpc) is 3.22. The molecule has 4 rings (SSSR count). The lowest BCUT2D eigenvalue weighted by Gasteiger charge is -2.29. The Hall–Kier alpha value is -2.85. The van der Waals surface area contributed by atoms with Crippen LogP contribution in [0.25, 0.3) is 10.9 Å². The van der Waals surface area contributed by atoms with E-state index in [1.165, 1.54) is 35.3 Å². The standard InChI is InChI=1S/C26H27FN2O4S2/c1-26(2,3)34(30)28-25(24-20(27)14-10-16-23(24)33-4)22-17-18-11-8-9-15-21(18)29(22)35(31,32)19-12-6-5-7-13-19/h5-17,25,28H,1-4H3/t25-,34-/m0/s1. The van der Waals surface area contributed by atoms with Gasteiger partial charge < -0.3 is 9.29 Å². The lowest BCUT2D eigenvalue weighted by molar-refractivity contribution is 0.399. The first-order valence-corrected chi connectivity index (χ1v) is 13.6. The average molecular weight is 515 g/mol. The maximum atomic E-state index is 15.3. The summed E-state index contributed by atoms with van der Waals surface area (Å²) in [5.41, 5.74) is 0.714. The maximum absolute atomic E-state index is 15.3. The van der Waals surface area contributed by atoms with Crippen LogP contribution in [0.4, 0.5) is 4.39 Å². The van der Waals surface area contributed by atoms with E-state index in [9.17, 15) is 13.0 Å². The van der Waals surface area contributed by atoms with E-state index < -0.39 is 38.0 Å². The van der Waals surface area contributed by atoms with E-state index >= 15 is 4.39 Å². The molecule has 4 aromatic rings. The number of rotatable bonds is 7. The highest BCUT2D eigenvalue weighted by molar-refractivity contribution is 7.91. The van der Waals surface area contributed by atoms with Crippen molar-refractivity contribution in [2.45, 2.75) is 36.5 Å². The molecule has 1 N–H and O–H groups in total. The van der Waals surface area contributed by atoms with Crippen molar-refractivity contribution >= 4 is 32.3 Å². The molecule has 0 aliphatic rings. The van der Waals surface area contributed by atoms with Crippen molar-refractivity contribution in [1.82, 2.24) is 8.69 Å². The minimum Gasteiger partial charge on any atom is -0.598 e. The van der Waals surface area contributed by atoms with Crippen LogP contribution >= 0.6 is 0 Å². The van der Waals surface area contributed by atoms with Crippen molar-refractivity contribution in [2.24, 2.45) is 0 Å². The van der Waals surface area contributed by atoms with Crippen LogP contribution in [0.5, 0.6) is 5.75 Å². The number of methoxy groups -OCH3 is 1. The summed E-state index contributed by atoms with van der Waals surface area (Å²) >= 11 is -1.67. The summed E-state index contributed by atoms with van der Waals surface area (Å²) in [7, 11) is -2.69. The predicted molar refractivity (Wildman–Crippen MR) is 137 cm³/mol. The highest BCUT2D eigenvalue weighted by Crippen LogP contribution is 2.38. The van der Waals surface area contributed by atoms with Gasteiger partial charge in [0.2, 0.25) is 0 Å². The van der Waals surface area contributed by atoms with Crippen LogP contribution in [-0.2, 0) is 21.4 Å². The molecule has 9 heteroatoms. The molecule has 35 heavy (non-hydrogen) atoms. The van der Waals surface area contributed by atoms with Gasteiger partial charge in [-0.1, -0.05) is 42.5 Å². The van der Waals surface area contributed by atoms with Gasteiger partial charge in [-0.25, -0.2) is 16.8 Å². The topological polar surface area (TPSA) is 83.4 Å². The van der Waals surface area contributed by atoms with Crippen LogP contribution in [0.2, 0.25) is 0 Å². The SMILES string of the molecule is COc1cccc(F)c1[C@@H](N[S@@+]([O-])C(C)(C)C)c1cc2ccccc2n1S(=O)(=O)c1ccccc1. The molecule has 0 bridgehead atoms. The number of hydrogen-bond donors (Lipinski definition) is 1. The fourth-order valence-corrected chi connectivity index (χ4v) is 6.22. The van der Waals surface area contributed by atoms with Crippen molar-refractivity contribution in [2.75, 3.05) is 7.11 Å². The minimum atomic E-state index is -4.10. The van der Waals surface area contributed by atoms with Crippen molar-refractivity contribution in [1.29, 1.82) is 0 Å². The molecular weight excluding hydrogens is 487 g/mol. The fourth-order valence-electron chi connectivity index (χ4n) is 3.84. The predicted octanol–water partition coefficient (Wildman–Crippen LogP) is 5.17. The molecule has 0 fully saturated rings. The smallest absolute Gasteiger partial charge is 0.268 e. The Balaban J connectivity index is 2.06. The van der Waals surface area contributed by atoms with Crippen LogP contribution in [0, 0.1) is 5.82 Å². The van der Waals surface area contributed by atoms with Gasteiger partial charge in [0.05, 0.1) is 28.8 Å². The zero-order valence-corrected chi connectivity index (χ0v) is 21.5. The zero-order valence-electron chi connectivity index (χ0n) is 19.9. The Kier molecular flexibility index (Phi) is 6.97. The molecule has 0 saturated carbocycles. The third-order valence-corrected chi connectivity index (χ3v) is 8.89. The number of halogens is 1. The summed E-state index contributed by atoms with van der Waals surface area (Å²) < 4.78 is 65.4. The van der Waals surface area contributed by atoms with E-state index in [1.807, 2.05) is 0 Å². The first-order valence-electron chi connectivity index (χ1n) is 11.0. The minimum absolute atomic E-state index is 0.0694. The summed E-state index contributed by atoms with van der Waals surface area (Å²) in [5, 5.41) is 0.644. The fraction of sp³-hybridized carbons (Fsp3) is 0.231. The van der Waals surface area contributed by atoms with E-state index in [2.05, 4.69) is 4.72 Å². The molecule has 2 atom stereocenters. The first-order chi connectivity index (χ1) is 16.6. The van der Waals surface area contributed by atoms with Crippen LogP contribution in [0.15, 0.2) is 83.8 Å². The number of hydrogen-bond acceptors (Lipinski definition) is 5. The second kappa shape index (κ2) is 9.66. The highest BCUT2D eigenvalue weighted by atomic mass is 32.2. The number of para-hydroxylation sites is 1. The van der Waals surface area contributed by atoms with Gasteiger partial charge in [-0.15, -0.1) is 4.72 Å². The second-order valence-electron chi connectivity index (χ2n) is 9.00. The number of nitrogens with one attached hydrogen (secondary N) is 1. The number of aromatic nitrogens is 1. The largest absolute Gasteiger partial charge is 0.598 e. The molecule has 1 heterocycles. The lowest BCUT2D eigenvalue weighted by Crippen LogP contribution is -2.42. The molecule has 0 aliphatic heterocycles. The number of benzene rings is 3. The van der Waals surface area contributed by atoms with Gasteiger partial charge in [-0.3, -0.25) is 0 Å². The molecule has 1 aromatic heterocycles. The van der Waals surface area contributed by atoms with Gasteiger partial charge in [0.15, 0.2) is 0 Å². The number of fused-ring (bicyclic) bond motifs is 1. The molecule has 0 unspecified atom stereocenters. The van der Waals surface area contributed by atoms with Crippen LogP contribution < -0.4 is 9.46 Å². The van der Waals surface area contributed by atoms with Gasteiger partial charge in [-0.05, 0) is 57.2 Å². The summed E-state index contributed by atoms with van der Waals surface area (Å²) in [4.78, 5) is 0.0822. The van der Waals surface area contributed by atoms with E-state index in [1.54, 1.807) is 75.4 Å². The van der Waals surface area contributed by atoms with Crippen LogP contribution in [0.1, 0.15) is 38.1 Å². The molecule has 6 nitrogen and oxygen atoms in total. The molecule has 0 spiro atoms. The monoisotopic (exact) mass is 514 g/mol. The zero-order chi connectivity index (χ0) is 25.4. The molecule has 0 saturated heterocycles. The van der Waals surface area contributed by atoms with Crippen molar-refractivity contribution in [3.05, 3.63) is 95.9 Å². The summed E-state index contributed by atoms with van der Waals surface area (Å²) in [5.74, 6) is -0.399. The van der Waals surface area contributed by atoms with Gasteiger partial charge in [-0.2, -0.15) is 0 Å². The van der Waals surface area contributed by atoms with Crippen molar-refractivity contribution in [3.63, 3.8) is 0 Å². The van der Waals surface area contributed by atoms with E-state index in [-0.39, 0.29) is 21.9 Å². The molecule has 3 aromatic carbocycles. The van der Waals surface area contributed by atoms with E-state index in [0.717, 1.165) is 0 Å². The molecule has 184 valence electrons. The van der Waals surface area contributed by atoms with Crippen LogP contribution in [0.3, 0.4) is 0 Å². The summed E-state index contributed by atoms with van der Waals surface area (Å²) in [6, 6.07) is 20.0. The quantitative estimate of drug-likeness (QED) is 0.344. The Labute approximate surface area is 208 Å². The Bertz CT molecular complexity index is 1450. The molecule has 0 aliphatic carbocycles. The maximum Gasteiger partial charge on any atom is 0.268 e. The van der Waals surface area contributed by atoms with Crippen LogP contribution in [-0.4, -0.2) is 28.8 Å². The van der Waals surface area contributed by atoms with Gasteiger partial charge in [0.25, 0.3) is 10.0 Å². The van der Waals surface area contributed by atoms with Gasteiger partial charge >= 0.3 is 0 Å². The second-order valence-corrected chi connectivity index (χ2v) is 12.8. The summed E-state index contributed by atoms with van der Waals surface area (Å²) in [6.07, 6.45) is 0. The van der Waals surface area contributed by atoms with Gasteiger partial charge in [0.1, 0.15) is 22.4 Å². The molecule has 0 radical (unpaired) electrons.